The van der Waals surface area contributed by atoms with Crippen LogP contribution in [0, 0.1) is 0 Å². The molecule has 0 saturated carbocycles. The van der Waals surface area contributed by atoms with E-state index in [9.17, 15) is 4.79 Å². The van der Waals surface area contributed by atoms with E-state index in [2.05, 4.69) is 18.7 Å². The van der Waals surface area contributed by atoms with Crippen LogP contribution in [0.1, 0.15) is 25.5 Å². The van der Waals surface area contributed by atoms with Gasteiger partial charge < -0.3 is 4.74 Å². The van der Waals surface area contributed by atoms with Gasteiger partial charge in [-0.15, -0.1) is 0 Å². The first-order valence-corrected chi connectivity index (χ1v) is 6.60. The smallest absolute Gasteiger partial charge is 0.333 e. The second-order valence-corrected chi connectivity index (χ2v) is 4.82. The summed E-state index contributed by atoms with van der Waals surface area (Å²) in [5.74, 6) is -0.357. The first kappa shape index (κ1) is 14.1. The quantitative estimate of drug-likeness (QED) is 0.600. The monoisotopic (exact) mass is 266 g/mol. The van der Waals surface area contributed by atoms with Crippen molar-refractivity contribution in [2.45, 2.75) is 20.0 Å². The minimum atomic E-state index is -0.357. The number of carbonyl (C=O) groups excluding carboxylic acids is 1. The minimum Gasteiger partial charge on any atom is -0.454 e. The summed E-state index contributed by atoms with van der Waals surface area (Å²) in [4.78, 5) is 11.5. The van der Waals surface area contributed by atoms with E-state index in [0.29, 0.717) is 5.57 Å². The lowest BCUT2D eigenvalue weighted by Gasteiger charge is -2.14. The lowest BCUT2D eigenvalue weighted by molar-refractivity contribution is -0.143. The van der Waals surface area contributed by atoms with Gasteiger partial charge in [0, 0.05) is 5.57 Å². The van der Waals surface area contributed by atoms with E-state index in [4.69, 9.17) is 4.74 Å². The molecule has 20 heavy (non-hydrogen) atoms. The van der Waals surface area contributed by atoms with E-state index < -0.39 is 0 Å². The van der Waals surface area contributed by atoms with Gasteiger partial charge in [0.15, 0.2) is 0 Å². The van der Waals surface area contributed by atoms with Crippen LogP contribution in [0.2, 0.25) is 0 Å². The Bertz CT molecular complexity index is 597. The number of ether oxygens (including phenoxy) is 1. The molecule has 0 radical (unpaired) electrons. The van der Waals surface area contributed by atoms with E-state index in [-0.39, 0.29) is 12.1 Å². The Hall–Kier alpha value is -2.35. The fourth-order valence-electron chi connectivity index (χ4n) is 1.91. The molecule has 0 N–H and O–H groups in total. The lowest BCUT2D eigenvalue weighted by Crippen LogP contribution is -2.09. The van der Waals surface area contributed by atoms with Crippen molar-refractivity contribution in [1.29, 1.82) is 0 Å². The van der Waals surface area contributed by atoms with Crippen LogP contribution < -0.4 is 0 Å². The Balaban J connectivity index is 2.12. The molecule has 2 aromatic rings. The number of esters is 1. The molecule has 2 nitrogen and oxygen atoms in total. The van der Waals surface area contributed by atoms with Crippen molar-refractivity contribution in [3.05, 3.63) is 72.3 Å². The number of benzene rings is 2. The van der Waals surface area contributed by atoms with Gasteiger partial charge in [0.05, 0.1) is 0 Å². The van der Waals surface area contributed by atoms with Crippen molar-refractivity contribution < 1.29 is 9.53 Å². The Morgan fingerprint density at radius 3 is 2.10 bits per heavy atom. The summed E-state index contributed by atoms with van der Waals surface area (Å²) >= 11 is 0. The average Bonchev–Trinajstić information content (AvgIpc) is 2.48. The predicted molar refractivity (Wildman–Crippen MR) is 81.2 cm³/mol. The molecule has 1 atom stereocenters. The van der Waals surface area contributed by atoms with Crippen LogP contribution in [0.4, 0.5) is 0 Å². The van der Waals surface area contributed by atoms with Gasteiger partial charge in [-0.25, -0.2) is 4.79 Å². The highest BCUT2D eigenvalue weighted by Crippen LogP contribution is 2.23. The first-order chi connectivity index (χ1) is 9.58. The maximum Gasteiger partial charge on any atom is 0.333 e. The Labute approximate surface area is 119 Å². The summed E-state index contributed by atoms with van der Waals surface area (Å²) in [7, 11) is 0. The second-order valence-electron chi connectivity index (χ2n) is 4.82. The normalized spacial score (nSPS) is 11.7. The molecule has 0 amide bonds. The molecular formula is C18H18O2. The van der Waals surface area contributed by atoms with Crippen LogP contribution in [0.5, 0.6) is 0 Å². The molecule has 0 aliphatic heterocycles. The third kappa shape index (κ3) is 3.35. The predicted octanol–water partition coefficient (Wildman–Crippen LogP) is 4.53. The van der Waals surface area contributed by atoms with Crippen LogP contribution in [-0.4, -0.2) is 5.97 Å². The van der Waals surface area contributed by atoms with Gasteiger partial charge in [-0.1, -0.05) is 61.2 Å². The molecule has 0 aliphatic rings. The van der Waals surface area contributed by atoms with Gasteiger partial charge in [0.1, 0.15) is 6.10 Å². The highest BCUT2D eigenvalue weighted by atomic mass is 16.5. The third-order valence-electron chi connectivity index (χ3n) is 3.12. The van der Waals surface area contributed by atoms with Crippen LogP contribution in [0.3, 0.4) is 0 Å². The molecule has 0 heterocycles. The molecule has 2 aromatic carbocycles. The van der Waals surface area contributed by atoms with Gasteiger partial charge in [-0.05, 0) is 30.5 Å². The summed E-state index contributed by atoms with van der Waals surface area (Å²) in [6.45, 7) is 7.09. The van der Waals surface area contributed by atoms with E-state index in [1.165, 1.54) is 5.56 Å². The topological polar surface area (TPSA) is 26.3 Å². The van der Waals surface area contributed by atoms with Gasteiger partial charge in [-0.2, -0.15) is 0 Å². The summed E-state index contributed by atoms with van der Waals surface area (Å²) in [5.41, 5.74) is 3.70. The molecule has 0 aliphatic carbocycles. The Morgan fingerprint density at radius 2 is 1.55 bits per heavy atom. The van der Waals surface area contributed by atoms with Crippen molar-refractivity contribution in [3.63, 3.8) is 0 Å². The number of hydrogen-bond donors (Lipinski definition) is 0. The van der Waals surface area contributed by atoms with Crippen LogP contribution in [0.15, 0.2) is 66.7 Å². The number of hydrogen-bond acceptors (Lipinski definition) is 2. The van der Waals surface area contributed by atoms with Gasteiger partial charge in [-0.3, -0.25) is 0 Å². The summed E-state index contributed by atoms with van der Waals surface area (Å²) < 4.78 is 5.30. The molecule has 0 saturated heterocycles. The molecule has 2 rings (SSSR count). The van der Waals surface area contributed by atoms with Crippen molar-refractivity contribution in [1.82, 2.24) is 0 Å². The highest BCUT2D eigenvalue weighted by Gasteiger charge is 2.12. The third-order valence-corrected chi connectivity index (χ3v) is 3.12. The molecule has 0 aromatic heterocycles. The van der Waals surface area contributed by atoms with Crippen LogP contribution in [0.25, 0.3) is 11.1 Å². The van der Waals surface area contributed by atoms with E-state index in [0.717, 1.165) is 11.1 Å². The van der Waals surface area contributed by atoms with Crippen LogP contribution in [-0.2, 0) is 9.53 Å². The van der Waals surface area contributed by atoms with E-state index in [1.807, 2.05) is 49.4 Å². The van der Waals surface area contributed by atoms with Gasteiger partial charge >= 0.3 is 5.97 Å². The largest absolute Gasteiger partial charge is 0.454 e. The zero-order valence-electron chi connectivity index (χ0n) is 11.8. The van der Waals surface area contributed by atoms with Crippen molar-refractivity contribution >= 4 is 5.97 Å². The molecule has 0 spiro atoms. The summed E-state index contributed by atoms with van der Waals surface area (Å²) in [6.07, 6.45) is -0.274. The molecule has 2 heteroatoms. The van der Waals surface area contributed by atoms with Crippen molar-refractivity contribution in [3.8, 4) is 11.1 Å². The van der Waals surface area contributed by atoms with E-state index in [1.54, 1.807) is 6.92 Å². The highest BCUT2D eigenvalue weighted by molar-refractivity contribution is 5.87. The minimum absolute atomic E-state index is 0.274. The second kappa shape index (κ2) is 6.20. The summed E-state index contributed by atoms with van der Waals surface area (Å²) in [5, 5.41) is 0. The van der Waals surface area contributed by atoms with E-state index >= 15 is 0 Å². The zero-order valence-corrected chi connectivity index (χ0v) is 11.8. The zero-order chi connectivity index (χ0) is 14.5. The van der Waals surface area contributed by atoms with Gasteiger partial charge in [0.2, 0.25) is 0 Å². The Morgan fingerprint density at radius 1 is 1.00 bits per heavy atom. The van der Waals surface area contributed by atoms with Crippen molar-refractivity contribution in [2.24, 2.45) is 0 Å². The molecular weight excluding hydrogens is 248 g/mol. The maximum absolute atomic E-state index is 11.5. The number of carbonyl (C=O) groups is 1. The van der Waals surface area contributed by atoms with Crippen molar-refractivity contribution in [2.75, 3.05) is 0 Å². The fourth-order valence-corrected chi connectivity index (χ4v) is 1.91. The molecule has 102 valence electrons. The van der Waals surface area contributed by atoms with Crippen LogP contribution >= 0.6 is 0 Å². The molecule has 0 fully saturated rings. The first-order valence-electron chi connectivity index (χ1n) is 6.60. The van der Waals surface area contributed by atoms with Gasteiger partial charge in [0.25, 0.3) is 0 Å². The Kier molecular flexibility index (Phi) is 4.36. The SMILES string of the molecule is C=C(C)C(=O)OC(C)c1ccc(-c2ccccc2)cc1. The molecule has 1 unspecified atom stereocenters. The lowest BCUT2D eigenvalue weighted by atomic mass is 10.0. The molecule has 0 bridgehead atoms. The standard InChI is InChI=1S/C18H18O2/c1-13(2)18(19)20-14(3)15-9-11-17(12-10-15)16-7-5-4-6-8-16/h4-12,14H,1H2,2-3H3. The summed E-state index contributed by atoms with van der Waals surface area (Å²) in [6, 6.07) is 18.2. The maximum atomic E-state index is 11.5. The average molecular weight is 266 g/mol. The fraction of sp³-hybridized carbons (Fsp3) is 0.167. The number of rotatable bonds is 4.